The first kappa shape index (κ1) is 23.6. The molecule has 0 atom stereocenters. The van der Waals surface area contributed by atoms with Gasteiger partial charge in [0.1, 0.15) is 18.1 Å². The molecular weight excluding hydrogens is 452 g/mol. The van der Waals surface area contributed by atoms with Gasteiger partial charge in [-0.15, -0.1) is 0 Å². The molecule has 3 aromatic carbocycles. The molecule has 1 aliphatic rings. The van der Waals surface area contributed by atoms with E-state index in [9.17, 15) is 9.59 Å². The molecule has 36 heavy (non-hydrogen) atoms. The third kappa shape index (κ3) is 5.10. The molecule has 0 saturated carbocycles. The number of aromatic amines is 1. The molecule has 2 amide bonds. The Labute approximate surface area is 210 Å². The van der Waals surface area contributed by atoms with Gasteiger partial charge in [0.15, 0.2) is 6.61 Å². The first-order valence-electron chi connectivity index (χ1n) is 12.2. The van der Waals surface area contributed by atoms with Crippen LogP contribution in [0.5, 0.6) is 5.75 Å². The molecule has 184 valence electrons. The van der Waals surface area contributed by atoms with E-state index in [0.29, 0.717) is 17.1 Å². The second-order valence-electron chi connectivity index (χ2n) is 10.2. The van der Waals surface area contributed by atoms with Crippen LogP contribution in [0, 0.1) is 0 Å². The molecule has 0 fully saturated rings. The van der Waals surface area contributed by atoms with Crippen molar-refractivity contribution in [3.05, 3.63) is 83.7 Å². The summed E-state index contributed by atoms with van der Waals surface area (Å²) in [5.41, 5.74) is 5.22. The van der Waals surface area contributed by atoms with Crippen molar-refractivity contribution in [1.82, 2.24) is 9.97 Å². The summed E-state index contributed by atoms with van der Waals surface area (Å²) in [7, 11) is 0. The first-order valence-corrected chi connectivity index (χ1v) is 12.2. The summed E-state index contributed by atoms with van der Waals surface area (Å²) in [4.78, 5) is 35.1. The number of benzene rings is 3. The quantitative estimate of drug-likeness (QED) is 0.404. The fraction of sp³-hybridized carbons (Fsp3) is 0.276. The number of carbonyl (C=O) groups excluding carboxylic acids is 2. The molecule has 7 heteroatoms. The van der Waals surface area contributed by atoms with E-state index in [1.807, 2.05) is 54.6 Å². The molecule has 0 bridgehead atoms. The number of aryl methyl sites for hydroxylation is 2. The molecular formula is C29H30N4O3. The molecule has 0 saturated heterocycles. The molecule has 0 unspecified atom stereocenters. The lowest BCUT2D eigenvalue weighted by Gasteiger charge is -2.31. The minimum absolute atomic E-state index is 0.0823. The molecule has 5 rings (SSSR count). The van der Waals surface area contributed by atoms with Gasteiger partial charge in [0, 0.05) is 12.1 Å². The van der Waals surface area contributed by atoms with Gasteiger partial charge >= 0.3 is 0 Å². The van der Waals surface area contributed by atoms with Crippen LogP contribution in [0.2, 0.25) is 0 Å². The Bertz CT molecular complexity index is 1420. The highest BCUT2D eigenvalue weighted by molar-refractivity contribution is 6.05. The standard InChI is InChI=1S/C29H30N4O3/c1-29(2,3)20-10-13-25-24(15-20)33(28(35)18-36-25)17-27(34)30-21-11-12-22-23(16-21)32-26(31-22)14-9-19-7-5-4-6-8-19/h4-8,10-13,15-16H,9,14,17-18H2,1-3H3,(H,30,34)(H,31,32). The van der Waals surface area contributed by atoms with Gasteiger partial charge in [-0.05, 0) is 53.3 Å². The van der Waals surface area contributed by atoms with Crippen molar-refractivity contribution in [1.29, 1.82) is 0 Å². The lowest BCUT2D eigenvalue weighted by atomic mass is 9.86. The first-order chi connectivity index (χ1) is 17.3. The number of amides is 2. The highest BCUT2D eigenvalue weighted by atomic mass is 16.5. The van der Waals surface area contributed by atoms with Crippen molar-refractivity contribution in [2.24, 2.45) is 0 Å². The maximum Gasteiger partial charge on any atom is 0.265 e. The van der Waals surface area contributed by atoms with E-state index in [1.165, 1.54) is 10.5 Å². The molecule has 1 aromatic heterocycles. The summed E-state index contributed by atoms with van der Waals surface area (Å²) < 4.78 is 5.60. The van der Waals surface area contributed by atoms with Crippen molar-refractivity contribution in [3.8, 4) is 5.75 Å². The van der Waals surface area contributed by atoms with E-state index in [-0.39, 0.29) is 30.4 Å². The third-order valence-corrected chi connectivity index (χ3v) is 6.38. The molecule has 7 nitrogen and oxygen atoms in total. The molecule has 0 spiro atoms. The van der Waals surface area contributed by atoms with Crippen LogP contribution in [0.3, 0.4) is 0 Å². The highest BCUT2D eigenvalue weighted by Gasteiger charge is 2.29. The average molecular weight is 483 g/mol. The number of anilines is 2. The molecule has 1 aliphatic heterocycles. The van der Waals surface area contributed by atoms with Crippen LogP contribution >= 0.6 is 0 Å². The second-order valence-corrected chi connectivity index (χ2v) is 10.2. The smallest absolute Gasteiger partial charge is 0.265 e. The SMILES string of the molecule is CC(C)(C)c1ccc2c(c1)N(CC(=O)Nc1ccc3nc(CCc4ccccc4)[nH]c3c1)C(=O)CO2. The van der Waals surface area contributed by atoms with E-state index in [4.69, 9.17) is 4.74 Å². The monoisotopic (exact) mass is 482 g/mol. The summed E-state index contributed by atoms with van der Waals surface area (Å²) in [5, 5.41) is 2.92. The number of H-pyrrole nitrogens is 1. The largest absolute Gasteiger partial charge is 0.482 e. The van der Waals surface area contributed by atoms with Gasteiger partial charge in [0.25, 0.3) is 5.91 Å². The molecule has 0 aliphatic carbocycles. The normalized spacial score (nSPS) is 13.4. The highest BCUT2D eigenvalue weighted by Crippen LogP contribution is 2.36. The number of rotatable bonds is 6. The number of carbonyl (C=O) groups is 2. The van der Waals surface area contributed by atoms with Gasteiger partial charge < -0.3 is 15.0 Å². The van der Waals surface area contributed by atoms with Gasteiger partial charge in [-0.25, -0.2) is 4.98 Å². The minimum atomic E-state index is -0.277. The van der Waals surface area contributed by atoms with Crippen molar-refractivity contribution in [2.45, 2.75) is 39.0 Å². The number of nitrogens with one attached hydrogen (secondary N) is 2. The van der Waals surface area contributed by atoms with Crippen LogP contribution in [-0.2, 0) is 27.8 Å². The van der Waals surface area contributed by atoms with Gasteiger partial charge in [-0.3, -0.25) is 14.5 Å². The lowest BCUT2D eigenvalue weighted by molar-refractivity contribution is -0.123. The minimum Gasteiger partial charge on any atom is -0.482 e. The molecule has 0 radical (unpaired) electrons. The number of imidazole rings is 1. The number of nitrogens with zero attached hydrogens (tertiary/aromatic N) is 2. The molecule has 4 aromatic rings. The third-order valence-electron chi connectivity index (χ3n) is 6.38. The van der Waals surface area contributed by atoms with Gasteiger partial charge in [-0.2, -0.15) is 0 Å². The van der Waals surface area contributed by atoms with Gasteiger partial charge in [-0.1, -0.05) is 57.2 Å². The van der Waals surface area contributed by atoms with Crippen molar-refractivity contribution in [3.63, 3.8) is 0 Å². The predicted molar refractivity (Wildman–Crippen MR) is 142 cm³/mol. The fourth-order valence-corrected chi connectivity index (χ4v) is 4.35. The zero-order valence-corrected chi connectivity index (χ0v) is 20.8. The molecule has 2 N–H and O–H groups in total. The van der Waals surface area contributed by atoms with Crippen LogP contribution in [0.1, 0.15) is 37.7 Å². The van der Waals surface area contributed by atoms with E-state index >= 15 is 0 Å². The lowest BCUT2D eigenvalue weighted by Crippen LogP contribution is -2.43. The molecule has 2 heterocycles. The zero-order valence-electron chi connectivity index (χ0n) is 20.8. The van der Waals surface area contributed by atoms with E-state index in [1.54, 1.807) is 0 Å². The summed E-state index contributed by atoms with van der Waals surface area (Å²) >= 11 is 0. The van der Waals surface area contributed by atoms with Crippen molar-refractivity contribution in [2.75, 3.05) is 23.4 Å². The van der Waals surface area contributed by atoms with E-state index in [0.717, 1.165) is 35.3 Å². The number of hydrogen-bond donors (Lipinski definition) is 2. The van der Waals surface area contributed by atoms with Gasteiger partial charge in [0.05, 0.1) is 16.7 Å². The summed E-state index contributed by atoms with van der Waals surface area (Å²) in [5.74, 6) is 0.996. The maximum atomic E-state index is 12.9. The summed E-state index contributed by atoms with van der Waals surface area (Å²) in [6.45, 7) is 6.15. The van der Waals surface area contributed by atoms with Crippen LogP contribution in [0.25, 0.3) is 11.0 Å². The summed E-state index contributed by atoms with van der Waals surface area (Å²) in [6.07, 6.45) is 1.70. The van der Waals surface area contributed by atoms with Crippen LogP contribution in [0.15, 0.2) is 66.7 Å². The number of ether oxygens (including phenoxy) is 1. The van der Waals surface area contributed by atoms with Crippen LogP contribution < -0.4 is 15.0 Å². The summed E-state index contributed by atoms with van der Waals surface area (Å²) in [6, 6.07) is 21.7. The van der Waals surface area contributed by atoms with Crippen LogP contribution in [-0.4, -0.2) is 34.9 Å². The average Bonchev–Trinajstić information content (AvgIpc) is 3.26. The Hall–Kier alpha value is -4.13. The Morgan fingerprint density at radius 1 is 1.06 bits per heavy atom. The Kier molecular flexibility index (Phi) is 6.22. The predicted octanol–water partition coefficient (Wildman–Crippen LogP) is 5.01. The zero-order chi connectivity index (χ0) is 25.3. The van der Waals surface area contributed by atoms with E-state index in [2.05, 4.69) is 48.2 Å². The second kappa shape index (κ2) is 9.49. The van der Waals surface area contributed by atoms with Gasteiger partial charge in [0.2, 0.25) is 5.91 Å². The van der Waals surface area contributed by atoms with E-state index < -0.39 is 0 Å². The van der Waals surface area contributed by atoms with Crippen LogP contribution in [0.4, 0.5) is 11.4 Å². The maximum absolute atomic E-state index is 12.9. The Balaban J connectivity index is 1.28. The number of fused-ring (bicyclic) bond motifs is 2. The fourth-order valence-electron chi connectivity index (χ4n) is 4.35. The Morgan fingerprint density at radius 2 is 1.86 bits per heavy atom. The van der Waals surface area contributed by atoms with Crippen molar-refractivity contribution < 1.29 is 14.3 Å². The van der Waals surface area contributed by atoms with Crippen molar-refractivity contribution >= 4 is 34.2 Å². The Morgan fingerprint density at radius 3 is 2.64 bits per heavy atom. The topological polar surface area (TPSA) is 87.3 Å². The number of hydrogen-bond acceptors (Lipinski definition) is 4. The number of aromatic nitrogens is 2.